The van der Waals surface area contributed by atoms with Gasteiger partial charge in [0, 0.05) is 36.4 Å². The normalized spacial score (nSPS) is 10.3. The number of aryl methyl sites for hydroxylation is 1. The van der Waals surface area contributed by atoms with Gasteiger partial charge in [-0.3, -0.25) is 9.78 Å². The van der Waals surface area contributed by atoms with Gasteiger partial charge in [0.05, 0.1) is 0 Å². The number of unbranched alkanes of at least 4 members (excludes halogenated alkanes) is 2. The lowest BCUT2D eigenvalue weighted by atomic mass is 10.2. The van der Waals surface area contributed by atoms with Crippen molar-refractivity contribution in [3.63, 3.8) is 0 Å². The van der Waals surface area contributed by atoms with Crippen molar-refractivity contribution in [2.24, 2.45) is 0 Å². The summed E-state index contributed by atoms with van der Waals surface area (Å²) in [4.78, 5) is 17.9. The van der Waals surface area contributed by atoms with E-state index in [1.165, 1.54) is 0 Å². The van der Waals surface area contributed by atoms with Gasteiger partial charge in [-0.1, -0.05) is 22.4 Å². The number of nitrogens with zero attached hydrogens (tertiary/aromatic N) is 2. The Bertz CT molecular complexity index is 368. The average Bonchev–Trinajstić information content (AvgIpc) is 2.33. The minimum Gasteiger partial charge on any atom is -0.342 e. The molecule has 0 aromatic carbocycles. The molecule has 1 heterocycles. The van der Waals surface area contributed by atoms with E-state index in [1.807, 2.05) is 20.0 Å². The van der Waals surface area contributed by atoms with E-state index in [-0.39, 0.29) is 5.91 Å². The standard InChI is InChI=1S/C13H19BrN2O/c1-11-10-12(6-8-15-11)13(17)16(2)9-5-3-4-7-14/h6,8,10H,3-5,7,9H2,1-2H3. The summed E-state index contributed by atoms with van der Waals surface area (Å²) in [6.45, 7) is 2.71. The summed E-state index contributed by atoms with van der Waals surface area (Å²) >= 11 is 3.40. The number of hydrogen-bond acceptors (Lipinski definition) is 2. The van der Waals surface area contributed by atoms with Gasteiger partial charge in [-0.25, -0.2) is 0 Å². The molecule has 0 saturated heterocycles. The Morgan fingerprint density at radius 2 is 2.18 bits per heavy atom. The van der Waals surface area contributed by atoms with Gasteiger partial charge in [0.25, 0.3) is 5.91 Å². The highest BCUT2D eigenvalue weighted by Gasteiger charge is 2.11. The van der Waals surface area contributed by atoms with E-state index in [9.17, 15) is 4.79 Å². The van der Waals surface area contributed by atoms with E-state index in [1.54, 1.807) is 17.2 Å². The number of hydrogen-bond donors (Lipinski definition) is 0. The molecule has 17 heavy (non-hydrogen) atoms. The first-order valence-electron chi connectivity index (χ1n) is 5.89. The molecule has 0 N–H and O–H groups in total. The van der Waals surface area contributed by atoms with Gasteiger partial charge < -0.3 is 4.90 Å². The molecule has 94 valence electrons. The van der Waals surface area contributed by atoms with Crippen molar-refractivity contribution < 1.29 is 4.79 Å². The van der Waals surface area contributed by atoms with Crippen LogP contribution in [0.4, 0.5) is 0 Å². The molecule has 1 aromatic heterocycles. The van der Waals surface area contributed by atoms with Crippen LogP contribution in [-0.2, 0) is 0 Å². The summed E-state index contributed by atoms with van der Waals surface area (Å²) in [6, 6.07) is 3.60. The summed E-state index contributed by atoms with van der Waals surface area (Å²) in [5.74, 6) is 0.0781. The van der Waals surface area contributed by atoms with Crippen LogP contribution in [0.3, 0.4) is 0 Å². The van der Waals surface area contributed by atoms with Gasteiger partial charge in [0.2, 0.25) is 0 Å². The maximum atomic E-state index is 12.0. The zero-order valence-corrected chi connectivity index (χ0v) is 12.0. The Hall–Kier alpha value is -0.900. The lowest BCUT2D eigenvalue weighted by Gasteiger charge is -2.17. The first kappa shape index (κ1) is 14.2. The number of rotatable bonds is 6. The van der Waals surface area contributed by atoms with Crippen LogP contribution in [0.15, 0.2) is 18.3 Å². The van der Waals surface area contributed by atoms with Gasteiger partial charge in [-0.2, -0.15) is 0 Å². The smallest absolute Gasteiger partial charge is 0.253 e. The summed E-state index contributed by atoms with van der Waals surface area (Å²) < 4.78 is 0. The van der Waals surface area contributed by atoms with Crippen LogP contribution in [0.25, 0.3) is 0 Å². The summed E-state index contributed by atoms with van der Waals surface area (Å²) in [7, 11) is 1.85. The van der Waals surface area contributed by atoms with Gasteiger partial charge in [-0.05, 0) is 31.9 Å². The molecule has 0 atom stereocenters. The number of halogens is 1. The van der Waals surface area contributed by atoms with Crippen LogP contribution >= 0.6 is 15.9 Å². The van der Waals surface area contributed by atoms with E-state index in [4.69, 9.17) is 0 Å². The Morgan fingerprint density at radius 1 is 1.41 bits per heavy atom. The first-order valence-corrected chi connectivity index (χ1v) is 7.01. The molecule has 0 fully saturated rings. The second-order valence-electron chi connectivity index (χ2n) is 4.16. The van der Waals surface area contributed by atoms with Crippen molar-refractivity contribution in [3.8, 4) is 0 Å². The molecule has 0 aliphatic carbocycles. The van der Waals surface area contributed by atoms with Crippen molar-refractivity contribution >= 4 is 21.8 Å². The zero-order chi connectivity index (χ0) is 12.7. The molecule has 0 spiro atoms. The maximum absolute atomic E-state index is 12.0. The highest BCUT2D eigenvalue weighted by molar-refractivity contribution is 9.09. The molecule has 0 bridgehead atoms. The predicted molar refractivity (Wildman–Crippen MR) is 73.6 cm³/mol. The summed E-state index contributed by atoms with van der Waals surface area (Å²) in [5.41, 5.74) is 1.60. The second kappa shape index (κ2) is 7.43. The third kappa shape index (κ3) is 4.86. The van der Waals surface area contributed by atoms with E-state index in [2.05, 4.69) is 20.9 Å². The van der Waals surface area contributed by atoms with E-state index in [0.29, 0.717) is 0 Å². The number of carbonyl (C=O) groups is 1. The van der Waals surface area contributed by atoms with Gasteiger partial charge in [0.1, 0.15) is 0 Å². The molecule has 4 heteroatoms. The third-order valence-electron chi connectivity index (χ3n) is 2.62. The number of amides is 1. The topological polar surface area (TPSA) is 33.2 Å². The zero-order valence-electron chi connectivity index (χ0n) is 10.4. The second-order valence-corrected chi connectivity index (χ2v) is 4.96. The molecule has 0 saturated carbocycles. The molecule has 0 radical (unpaired) electrons. The molecule has 0 aliphatic heterocycles. The average molecular weight is 299 g/mol. The van der Waals surface area contributed by atoms with Crippen LogP contribution in [0.5, 0.6) is 0 Å². The van der Waals surface area contributed by atoms with E-state index in [0.717, 1.165) is 42.4 Å². The molecule has 0 unspecified atom stereocenters. The molecular weight excluding hydrogens is 280 g/mol. The van der Waals surface area contributed by atoms with Gasteiger partial charge >= 0.3 is 0 Å². The monoisotopic (exact) mass is 298 g/mol. The SMILES string of the molecule is Cc1cc(C(=O)N(C)CCCCCBr)ccn1. The lowest BCUT2D eigenvalue weighted by molar-refractivity contribution is 0.0792. The van der Waals surface area contributed by atoms with Crippen molar-refractivity contribution in [2.75, 3.05) is 18.9 Å². The molecule has 0 aliphatic rings. The Kier molecular flexibility index (Phi) is 6.19. The Labute approximate surface area is 111 Å². The van der Waals surface area contributed by atoms with E-state index < -0.39 is 0 Å². The fraction of sp³-hybridized carbons (Fsp3) is 0.538. The van der Waals surface area contributed by atoms with Crippen LogP contribution in [0, 0.1) is 6.92 Å². The fourth-order valence-electron chi connectivity index (χ4n) is 1.62. The van der Waals surface area contributed by atoms with Crippen molar-refractivity contribution in [2.45, 2.75) is 26.2 Å². The van der Waals surface area contributed by atoms with Crippen LogP contribution < -0.4 is 0 Å². The number of carbonyl (C=O) groups excluding carboxylic acids is 1. The highest BCUT2D eigenvalue weighted by Crippen LogP contribution is 2.06. The Morgan fingerprint density at radius 3 is 2.82 bits per heavy atom. The minimum atomic E-state index is 0.0781. The summed E-state index contributed by atoms with van der Waals surface area (Å²) in [5, 5.41) is 1.04. The Balaban J connectivity index is 2.46. The van der Waals surface area contributed by atoms with Crippen molar-refractivity contribution in [3.05, 3.63) is 29.6 Å². The quantitative estimate of drug-likeness (QED) is 0.597. The van der Waals surface area contributed by atoms with Gasteiger partial charge in [0.15, 0.2) is 0 Å². The van der Waals surface area contributed by atoms with Gasteiger partial charge in [-0.15, -0.1) is 0 Å². The third-order valence-corrected chi connectivity index (χ3v) is 3.18. The molecule has 1 rings (SSSR count). The molecule has 1 aromatic rings. The minimum absolute atomic E-state index is 0.0781. The van der Waals surface area contributed by atoms with Crippen LogP contribution in [-0.4, -0.2) is 34.7 Å². The van der Waals surface area contributed by atoms with Crippen molar-refractivity contribution in [1.29, 1.82) is 0 Å². The largest absolute Gasteiger partial charge is 0.342 e. The number of alkyl halides is 1. The lowest BCUT2D eigenvalue weighted by Crippen LogP contribution is -2.27. The molecule has 3 nitrogen and oxygen atoms in total. The molecular formula is C13H19BrN2O. The first-order chi connectivity index (χ1) is 8.15. The van der Waals surface area contributed by atoms with Crippen LogP contribution in [0.1, 0.15) is 35.3 Å². The van der Waals surface area contributed by atoms with E-state index >= 15 is 0 Å². The van der Waals surface area contributed by atoms with Crippen LogP contribution in [0.2, 0.25) is 0 Å². The number of pyridine rings is 1. The molecule has 1 amide bonds. The summed E-state index contributed by atoms with van der Waals surface area (Å²) in [6.07, 6.45) is 5.05. The maximum Gasteiger partial charge on any atom is 0.253 e. The fourth-order valence-corrected chi connectivity index (χ4v) is 2.02. The predicted octanol–water partition coefficient (Wildman–Crippen LogP) is 3.03. The van der Waals surface area contributed by atoms with Crippen molar-refractivity contribution in [1.82, 2.24) is 9.88 Å². The highest BCUT2D eigenvalue weighted by atomic mass is 79.9. The number of aromatic nitrogens is 1.